The van der Waals surface area contributed by atoms with Gasteiger partial charge < -0.3 is 5.32 Å². The summed E-state index contributed by atoms with van der Waals surface area (Å²) in [6.45, 7) is 4.11. The van der Waals surface area contributed by atoms with Crippen molar-refractivity contribution in [2.75, 3.05) is 5.32 Å². The predicted octanol–water partition coefficient (Wildman–Crippen LogP) is 3.07. The monoisotopic (exact) mass is 254 g/mol. The summed E-state index contributed by atoms with van der Waals surface area (Å²) < 4.78 is 4.23. The van der Waals surface area contributed by atoms with E-state index in [1.165, 1.54) is 11.5 Å². The molecule has 0 aromatic carbocycles. The summed E-state index contributed by atoms with van der Waals surface area (Å²) >= 11 is 7.09. The second-order valence-corrected chi connectivity index (χ2v) is 4.77. The summed E-state index contributed by atoms with van der Waals surface area (Å²) in [5, 5.41) is 4.62. The number of rotatable bonds is 3. The molecule has 0 saturated heterocycles. The summed E-state index contributed by atoms with van der Waals surface area (Å²) in [5.74, 6) is 0.629. The average molecular weight is 255 g/mol. The lowest BCUT2D eigenvalue weighted by molar-refractivity contribution is 0.896. The largest absolute Gasteiger partial charge is 0.358 e. The molecule has 0 aliphatic heterocycles. The molecule has 16 heavy (non-hydrogen) atoms. The molecular weight excluding hydrogens is 244 g/mol. The SMILES string of the molecule is CC(C)Nc1nc(-c2ccc(Cl)cn2)ns1. The van der Waals surface area contributed by atoms with Crippen LogP contribution in [-0.2, 0) is 0 Å². The smallest absolute Gasteiger partial charge is 0.203 e. The van der Waals surface area contributed by atoms with Gasteiger partial charge in [-0.1, -0.05) is 11.6 Å². The minimum Gasteiger partial charge on any atom is -0.358 e. The molecular formula is C10H11ClN4S. The second-order valence-electron chi connectivity index (χ2n) is 3.58. The third kappa shape index (κ3) is 2.68. The standard InChI is InChI=1S/C10H11ClN4S/c1-6(2)13-10-14-9(15-16-10)8-4-3-7(11)5-12-8/h3-6H,1-2H3,(H,13,14,15). The van der Waals surface area contributed by atoms with Gasteiger partial charge in [0.25, 0.3) is 0 Å². The molecule has 0 aliphatic carbocycles. The zero-order chi connectivity index (χ0) is 11.5. The van der Waals surface area contributed by atoms with E-state index in [1.807, 2.05) is 6.07 Å². The molecule has 0 spiro atoms. The molecule has 0 unspecified atom stereocenters. The first-order valence-corrected chi connectivity index (χ1v) is 6.02. The highest BCUT2D eigenvalue weighted by Crippen LogP contribution is 2.20. The van der Waals surface area contributed by atoms with Crippen LogP contribution in [0.15, 0.2) is 18.3 Å². The van der Waals surface area contributed by atoms with Crippen molar-refractivity contribution >= 4 is 28.3 Å². The molecule has 2 aromatic heterocycles. The predicted molar refractivity (Wildman–Crippen MR) is 66.9 cm³/mol. The van der Waals surface area contributed by atoms with Crippen molar-refractivity contribution in [1.82, 2.24) is 14.3 Å². The van der Waals surface area contributed by atoms with Gasteiger partial charge in [-0.25, -0.2) is 0 Å². The van der Waals surface area contributed by atoms with Gasteiger partial charge in [0, 0.05) is 23.8 Å². The highest BCUT2D eigenvalue weighted by molar-refractivity contribution is 7.09. The molecule has 0 aliphatic rings. The van der Waals surface area contributed by atoms with Crippen LogP contribution in [0.5, 0.6) is 0 Å². The number of nitrogens with zero attached hydrogens (tertiary/aromatic N) is 3. The van der Waals surface area contributed by atoms with Crippen molar-refractivity contribution in [2.24, 2.45) is 0 Å². The minimum atomic E-state index is 0.346. The average Bonchev–Trinajstić information content (AvgIpc) is 2.66. The Labute approximate surface area is 103 Å². The van der Waals surface area contributed by atoms with Crippen molar-refractivity contribution in [1.29, 1.82) is 0 Å². The third-order valence-corrected chi connectivity index (χ3v) is 2.66. The van der Waals surface area contributed by atoms with Crippen molar-refractivity contribution in [3.05, 3.63) is 23.4 Å². The van der Waals surface area contributed by atoms with Crippen molar-refractivity contribution in [3.63, 3.8) is 0 Å². The van der Waals surface area contributed by atoms with Crippen molar-refractivity contribution in [2.45, 2.75) is 19.9 Å². The first-order valence-electron chi connectivity index (χ1n) is 4.87. The Bertz CT molecular complexity index is 466. The zero-order valence-corrected chi connectivity index (χ0v) is 10.5. The summed E-state index contributed by atoms with van der Waals surface area (Å²) in [4.78, 5) is 8.50. The maximum atomic E-state index is 5.76. The Balaban J connectivity index is 2.21. The molecule has 2 heterocycles. The number of aromatic nitrogens is 3. The molecule has 0 saturated carbocycles. The van der Waals surface area contributed by atoms with Gasteiger partial charge in [0.1, 0.15) is 5.69 Å². The number of nitrogens with one attached hydrogen (secondary N) is 1. The lowest BCUT2D eigenvalue weighted by atomic mass is 10.3. The van der Waals surface area contributed by atoms with Crippen LogP contribution < -0.4 is 5.32 Å². The number of hydrogen-bond donors (Lipinski definition) is 1. The highest BCUT2D eigenvalue weighted by Gasteiger charge is 2.08. The lowest BCUT2D eigenvalue weighted by Crippen LogP contribution is -2.08. The molecule has 0 amide bonds. The van der Waals surface area contributed by atoms with E-state index < -0.39 is 0 Å². The van der Waals surface area contributed by atoms with Gasteiger partial charge in [-0.05, 0) is 26.0 Å². The summed E-state index contributed by atoms with van der Waals surface area (Å²) in [7, 11) is 0. The molecule has 0 bridgehead atoms. The molecule has 1 N–H and O–H groups in total. The molecule has 0 fully saturated rings. The van der Waals surface area contributed by atoms with Gasteiger partial charge in [-0.3, -0.25) is 4.98 Å². The van der Waals surface area contributed by atoms with Crippen LogP contribution in [0.3, 0.4) is 0 Å². The van der Waals surface area contributed by atoms with Crippen LogP contribution in [0.2, 0.25) is 5.02 Å². The first kappa shape index (κ1) is 11.3. The molecule has 84 valence electrons. The third-order valence-electron chi connectivity index (χ3n) is 1.79. The van der Waals surface area contributed by atoms with Crippen molar-refractivity contribution in [3.8, 4) is 11.5 Å². The van der Waals surface area contributed by atoms with Gasteiger partial charge in [-0.2, -0.15) is 9.36 Å². The molecule has 6 heteroatoms. The van der Waals surface area contributed by atoms with E-state index in [4.69, 9.17) is 11.6 Å². The van der Waals surface area contributed by atoms with Crippen LogP contribution in [0.25, 0.3) is 11.5 Å². The van der Waals surface area contributed by atoms with Gasteiger partial charge >= 0.3 is 0 Å². The van der Waals surface area contributed by atoms with Crippen LogP contribution in [0, 0.1) is 0 Å². The molecule has 0 radical (unpaired) electrons. The summed E-state index contributed by atoms with van der Waals surface area (Å²) in [6.07, 6.45) is 1.59. The van der Waals surface area contributed by atoms with E-state index in [0.29, 0.717) is 16.9 Å². The lowest BCUT2D eigenvalue weighted by Gasteiger charge is -2.03. The fraction of sp³-hybridized carbons (Fsp3) is 0.300. The van der Waals surface area contributed by atoms with Crippen molar-refractivity contribution < 1.29 is 0 Å². The fourth-order valence-electron chi connectivity index (χ4n) is 1.14. The number of pyridine rings is 1. The summed E-state index contributed by atoms with van der Waals surface area (Å²) in [6, 6.07) is 3.93. The van der Waals surface area contributed by atoms with E-state index in [2.05, 4.69) is 33.5 Å². The van der Waals surface area contributed by atoms with E-state index >= 15 is 0 Å². The van der Waals surface area contributed by atoms with Crippen LogP contribution in [0.4, 0.5) is 5.13 Å². The Morgan fingerprint density at radius 1 is 1.38 bits per heavy atom. The molecule has 4 nitrogen and oxygen atoms in total. The van der Waals surface area contributed by atoms with Crippen LogP contribution in [-0.4, -0.2) is 20.4 Å². The maximum absolute atomic E-state index is 5.76. The summed E-state index contributed by atoms with van der Waals surface area (Å²) in [5.41, 5.74) is 0.734. The Kier molecular flexibility index (Phi) is 3.36. The number of anilines is 1. The topological polar surface area (TPSA) is 50.7 Å². The van der Waals surface area contributed by atoms with E-state index in [9.17, 15) is 0 Å². The van der Waals surface area contributed by atoms with Crippen LogP contribution >= 0.6 is 23.1 Å². The first-order chi connectivity index (χ1) is 7.65. The quantitative estimate of drug-likeness (QED) is 0.915. The second kappa shape index (κ2) is 4.76. The molecule has 2 rings (SSSR count). The highest BCUT2D eigenvalue weighted by atomic mass is 35.5. The van der Waals surface area contributed by atoms with Gasteiger partial charge in [0.05, 0.1) is 5.02 Å². The maximum Gasteiger partial charge on any atom is 0.203 e. The molecule has 0 atom stereocenters. The normalized spacial score (nSPS) is 10.8. The molecule has 2 aromatic rings. The van der Waals surface area contributed by atoms with Gasteiger partial charge in [0.2, 0.25) is 5.13 Å². The van der Waals surface area contributed by atoms with Crippen LogP contribution in [0.1, 0.15) is 13.8 Å². The Morgan fingerprint density at radius 2 is 2.19 bits per heavy atom. The van der Waals surface area contributed by atoms with Gasteiger partial charge in [-0.15, -0.1) is 0 Å². The van der Waals surface area contributed by atoms with E-state index in [1.54, 1.807) is 12.3 Å². The Hall–Kier alpha value is -1.20. The van der Waals surface area contributed by atoms with E-state index in [-0.39, 0.29) is 0 Å². The number of hydrogen-bond acceptors (Lipinski definition) is 5. The Morgan fingerprint density at radius 3 is 2.81 bits per heavy atom. The van der Waals surface area contributed by atoms with Gasteiger partial charge in [0.15, 0.2) is 5.82 Å². The number of halogens is 1. The minimum absolute atomic E-state index is 0.346. The fourth-order valence-corrected chi connectivity index (χ4v) is 1.98. The zero-order valence-electron chi connectivity index (χ0n) is 8.94. The van der Waals surface area contributed by atoms with E-state index in [0.717, 1.165) is 10.8 Å².